The van der Waals surface area contributed by atoms with Crippen molar-refractivity contribution in [3.05, 3.63) is 153 Å². The zero-order valence-corrected chi connectivity index (χ0v) is 64.0. The summed E-state index contributed by atoms with van der Waals surface area (Å²) >= 11 is 0. The van der Waals surface area contributed by atoms with Crippen LogP contribution in [0.2, 0.25) is 0 Å². The van der Waals surface area contributed by atoms with E-state index in [9.17, 15) is 9.59 Å². The molecule has 0 spiro atoms. The Morgan fingerprint density at radius 1 is 0.388 bits per heavy atom. The monoisotopic (exact) mass is 1190 g/mol. The van der Waals surface area contributed by atoms with E-state index in [0.717, 1.165) is 51.6 Å². The highest BCUT2D eigenvalue weighted by molar-refractivity contribution is 5.82. The molecule has 2 aliphatic heterocycles. The molecule has 4 heterocycles. The minimum atomic E-state index is -0.325. The number of amides is 3. The van der Waals surface area contributed by atoms with Gasteiger partial charge in [-0.3, -0.25) is 14.8 Å². The predicted molar refractivity (Wildman–Crippen MR) is 394 cm³/mol. The van der Waals surface area contributed by atoms with Crippen molar-refractivity contribution in [2.75, 3.05) is 40.3 Å². The summed E-state index contributed by atoms with van der Waals surface area (Å²) in [7, 11) is 3.62. The first-order valence-electron chi connectivity index (χ1n) is 35.3. The van der Waals surface area contributed by atoms with Gasteiger partial charge in [-0.05, 0) is 84.0 Å². The molecular weight excluding hydrogens is 1040 g/mol. The standard InChI is InChI=1S/C24H28N2O.C22H25N3O.16C2H6/c1-24(2,3)23(27)26-15-12-18(13-16-26)21-20-9-5-4-7-17(20)10-11-19-8-6-14-25-22(19)21;1-24(2)22(26)25-14-11-17(12-15-25)20-19-8-4-3-6-16(19)9-10-18-7-5-13-23-21(18)20;16*1-2/h4-9,12,14,21H,10-11,13,15-16H2,1-3H3;3-8,11,13,20H,9-10,12,14-15H2,1-2H3;16*1-2H3. The molecule has 4 aromatic rings. The average Bonchev–Trinajstić information content (AvgIpc) is 3.65. The van der Waals surface area contributed by atoms with E-state index in [1.807, 2.05) is 291 Å². The van der Waals surface area contributed by atoms with Crippen LogP contribution in [-0.2, 0) is 30.5 Å². The van der Waals surface area contributed by atoms with Gasteiger partial charge in [0.1, 0.15) is 0 Å². The van der Waals surface area contributed by atoms with Crippen LogP contribution in [0.1, 0.15) is 312 Å². The molecule has 3 amide bonds. The molecule has 0 fully saturated rings. The van der Waals surface area contributed by atoms with Gasteiger partial charge in [0.05, 0.1) is 11.4 Å². The highest BCUT2D eigenvalue weighted by Gasteiger charge is 2.33. The number of rotatable bonds is 2. The summed E-state index contributed by atoms with van der Waals surface area (Å²) in [6.07, 6.45) is 14.4. The molecule has 4 aliphatic rings. The summed E-state index contributed by atoms with van der Waals surface area (Å²) in [5, 5.41) is 0. The van der Waals surface area contributed by atoms with Gasteiger partial charge >= 0.3 is 6.03 Å². The molecule has 2 atom stereocenters. The van der Waals surface area contributed by atoms with Crippen molar-refractivity contribution >= 4 is 11.9 Å². The van der Waals surface area contributed by atoms with Gasteiger partial charge in [-0.2, -0.15) is 0 Å². The van der Waals surface area contributed by atoms with E-state index in [1.165, 1.54) is 55.9 Å². The Bertz CT molecular complexity index is 1950. The average molecular weight is 1190 g/mol. The van der Waals surface area contributed by atoms with Crippen LogP contribution in [0.5, 0.6) is 0 Å². The maximum absolute atomic E-state index is 12.6. The number of carbonyl (C=O) groups is 2. The molecule has 7 heteroatoms. The van der Waals surface area contributed by atoms with Crippen LogP contribution in [0, 0.1) is 5.41 Å². The van der Waals surface area contributed by atoms with E-state index in [-0.39, 0.29) is 29.2 Å². The molecule has 2 aliphatic carbocycles. The predicted octanol–water partition coefficient (Wildman–Crippen LogP) is 24.6. The van der Waals surface area contributed by atoms with E-state index in [0.29, 0.717) is 13.1 Å². The molecule has 8 rings (SSSR count). The van der Waals surface area contributed by atoms with Gasteiger partial charge in [-0.1, -0.05) is 326 Å². The Labute approximate surface area is 535 Å². The lowest BCUT2D eigenvalue weighted by molar-refractivity contribution is -0.139. The number of fused-ring (bicyclic) bond motifs is 4. The van der Waals surface area contributed by atoms with E-state index >= 15 is 0 Å². The fourth-order valence-electron chi connectivity index (χ4n) is 8.52. The first kappa shape index (κ1) is 102. The van der Waals surface area contributed by atoms with Gasteiger partial charge < -0.3 is 14.7 Å². The van der Waals surface area contributed by atoms with Crippen molar-refractivity contribution in [1.29, 1.82) is 0 Å². The highest BCUT2D eigenvalue weighted by atomic mass is 16.2. The fourth-order valence-corrected chi connectivity index (χ4v) is 8.52. The van der Waals surface area contributed by atoms with Gasteiger partial charge in [0.15, 0.2) is 0 Å². The summed E-state index contributed by atoms with van der Waals surface area (Å²) < 4.78 is 0. The minimum absolute atomic E-state index is 0.0834. The zero-order chi connectivity index (χ0) is 69.1. The lowest BCUT2D eigenvalue weighted by Gasteiger charge is -2.34. The van der Waals surface area contributed by atoms with E-state index in [4.69, 9.17) is 9.97 Å². The van der Waals surface area contributed by atoms with Crippen LogP contribution < -0.4 is 0 Å². The van der Waals surface area contributed by atoms with Gasteiger partial charge in [-0.15, -0.1) is 0 Å². The molecule has 0 saturated carbocycles. The number of pyridine rings is 2. The maximum atomic E-state index is 12.6. The largest absolute Gasteiger partial charge is 0.338 e. The quantitative estimate of drug-likeness (QED) is 0.188. The Kier molecular flexibility index (Phi) is 89.9. The molecule has 2 aromatic carbocycles. The number of hydrogen-bond donors (Lipinski definition) is 0. The molecule has 0 saturated heterocycles. The van der Waals surface area contributed by atoms with Crippen molar-refractivity contribution in [1.82, 2.24) is 24.7 Å². The van der Waals surface area contributed by atoms with Crippen LogP contribution in [0.4, 0.5) is 4.79 Å². The first-order chi connectivity index (χ1) is 41.6. The highest BCUT2D eigenvalue weighted by Crippen LogP contribution is 2.42. The lowest BCUT2D eigenvalue weighted by atomic mass is 9.82. The lowest BCUT2D eigenvalue weighted by Crippen LogP contribution is -2.42. The third-order valence-corrected chi connectivity index (χ3v) is 11.3. The Balaban J connectivity index is -0.000000113. The Morgan fingerprint density at radius 3 is 0.929 bits per heavy atom. The molecule has 85 heavy (non-hydrogen) atoms. The molecule has 2 unspecified atom stereocenters. The number of aromatic nitrogens is 2. The summed E-state index contributed by atoms with van der Waals surface area (Å²) in [4.78, 5) is 40.0. The van der Waals surface area contributed by atoms with Crippen molar-refractivity contribution in [3.8, 4) is 0 Å². The number of urea groups is 1. The summed E-state index contributed by atoms with van der Waals surface area (Å²) in [5.74, 6) is 0.658. The summed E-state index contributed by atoms with van der Waals surface area (Å²) in [6, 6.07) is 26.2. The van der Waals surface area contributed by atoms with Crippen molar-refractivity contribution in [3.63, 3.8) is 0 Å². The van der Waals surface area contributed by atoms with Gasteiger partial charge in [-0.25, -0.2) is 4.79 Å². The maximum Gasteiger partial charge on any atom is 0.319 e. The van der Waals surface area contributed by atoms with Crippen LogP contribution >= 0.6 is 0 Å². The van der Waals surface area contributed by atoms with Crippen LogP contribution in [0.25, 0.3) is 0 Å². The van der Waals surface area contributed by atoms with E-state index in [1.54, 1.807) is 4.90 Å². The Morgan fingerprint density at radius 2 is 0.659 bits per heavy atom. The van der Waals surface area contributed by atoms with E-state index < -0.39 is 0 Å². The van der Waals surface area contributed by atoms with E-state index in [2.05, 4.69) is 72.8 Å². The fraction of sp³-hybridized carbons (Fsp3) is 0.641. The Hall–Kier alpha value is -5.04. The number of nitrogens with zero attached hydrogens (tertiary/aromatic N) is 5. The second-order valence-corrected chi connectivity index (χ2v) is 16.0. The zero-order valence-electron chi connectivity index (χ0n) is 64.0. The summed E-state index contributed by atoms with van der Waals surface area (Å²) in [5.41, 5.74) is 13.2. The molecule has 0 radical (unpaired) electrons. The van der Waals surface area contributed by atoms with Crippen molar-refractivity contribution in [2.45, 2.75) is 293 Å². The van der Waals surface area contributed by atoms with Crippen LogP contribution in [-0.4, -0.2) is 76.9 Å². The van der Waals surface area contributed by atoms with Crippen LogP contribution in [0.3, 0.4) is 0 Å². The van der Waals surface area contributed by atoms with Crippen LogP contribution in [0.15, 0.2) is 108 Å². The summed E-state index contributed by atoms with van der Waals surface area (Å²) in [6.45, 7) is 72.9. The van der Waals surface area contributed by atoms with Crippen molar-refractivity contribution < 1.29 is 9.59 Å². The number of benzene rings is 2. The molecular formula is C78H149N5O2. The number of carbonyl (C=O) groups excluding carboxylic acids is 2. The van der Waals surface area contributed by atoms with Crippen molar-refractivity contribution in [2.24, 2.45) is 5.41 Å². The minimum Gasteiger partial charge on any atom is -0.338 e. The third kappa shape index (κ3) is 38.0. The van der Waals surface area contributed by atoms with Gasteiger partial charge in [0, 0.05) is 69.9 Å². The van der Waals surface area contributed by atoms with Gasteiger partial charge in [0.25, 0.3) is 0 Å². The van der Waals surface area contributed by atoms with Gasteiger partial charge in [0.2, 0.25) is 5.91 Å². The molecule has 7 nitrogen and oxygen atoms in total. The molecule has 498 valence electrons. The SMILES string of the molecule is CC.CC.CC.CC.CC.CC.CC.CC.CC.CC.CC.CC.CC.CC.CC.CC.CC(C)(C)C(=O)N1CC=C(C2c3ccccc3CCc3cccnc32)CC1.CN(C)C(=O)N1CC=C(C2c3ccccc3CCc3cccnc32)CC1. The molecule has 0 N–H and O–H groups in total. The molecule has 0 bridgehead atoms. The topological polar surface area (TPSA) is 69.6 Å². The third-order valence-electron chi connectivity index (χ3n) is 11.3. The number of hydrogen-bond acceptors (Lipinski definition) is 4. The molecule has 2 aromatic heterocycles. The second-order valence-electron chi connectivity index (χ2n) is 16.0. The smallest absolute Gasteiger partial charge is 0.319 e. The first-order valence-corrected chi connectivity index (χ1v) is 35.3. The second kappa shape index (κ2) is 75.1. The normalized spacial score (nSPS) is 13.2. The number of aryl methyl sites for hydroxylation is 4.